The molecular weight excluding hydrogens is 290 g/mol. The minimum atomic E-state index is 0.756. The Bertz CT molecular complexity index is 567. The Morgan fingerprint density at radius 1 is 1.17 bits per heavy atom. The van der Waals surface area contributed by atoms with Crippen LogP contribution in [0.2, 0.25) is 0 Å². The molecule has 18 heavy (non-hydrogen) atoms. The SMILES string of the molecule is CCNc1cc(C)nc(-c2ccc(C)c(Br)c2)n1. The van der Waals surface area contributed by atoms with E-state index in [1.165, 1.54) is 5.56 Å². The molecule has 94 valence electrons. The zero-order chi connectivity index (χ0) is 13.1. The molecule has 1 aromatic carbocycles. The second kappa shape index (κ2) is 5.48. The summed E-state index contributed by atoms with van der Waals surface area (Å²) >= 11 is 3.54. The molecule has 3 nitrogen and oxygen atoms in total. The molecule has 0 fully saturated rings. The molecule has 0 saturated heterocycles. The van der Waals surface area contributed by atoms with Gasteiger partial charge in [-0.1, -0.05) is 28.1 Å². The summed E-state index contributed by atoms with van der Waals surface area (Å²) in [5.41, 5.74) is 3.20. The molecule has 0 saturated carbocycles. The molecule has 0 aliphatic heterocycles. The van der Waals surface area contributed by atoms with E-state index in [0.717, 1.165) is 33.9 Å². The molecule has 0 spiro atoms. The maximum atomic E-state index is 4.52. The van der Waals surface area contributed by atoms with E-state index in [1.54, 1.807) is 0 Å². The zero-order valence-electron chi connectivity index (χ0n) is 10.8. The average Bonchev–Trinajstić information content (AvgIpc) is 2.32. The Morgan fingerprint density at radius 3 is 2.61 bits per heavy atom. The van der Waals surface area contributed by atoms with Crippen LogP contribution in [-0.2, 0) is 0 Å². The van der Waals surface area contributed by atoms with Gasteiger partial charge >= 0.3 is 0 Å². The minimum absolute atomic E-state index is 0.756. The summed E-state index contributed by atoms with van der Waals surface area (Å²) in [6.45, 7) is 6.96. The molecule has 0 atom stereocenters. The summed E-state index contributed by atoms with van der Waals surface area (Å²) in [6.07, 6.45) is 0. The molecule has 0 radical (unpaired) electrons. The van der Waals surface area contributed by atoms with Gasteiger partial charge in [0.25, 0.3) is 0 Å². The number of hydrogen-bond acceptors (Lipinski definition) is 3. The number of aryl methyl sites for hydroxylation is 2. The van der Waals surface area contributed by atoms with Gasteiger partial charge in [-0.25, -0.2) is 9.97 Å². The van der Waals surface area contributed by atoms with Crippen molar-refractivity contribution in [2.45, 2.75) is 20.8 Å². The van der Waals surface area contributed by atoms with E-state index in [9.17, 15) is 0 Å². The van der Waals surface area contributed by atoms with Crippen LogP contribution in [0.25, 0.3) is 11.4 Å². The standard InChI is InChI=1S/C14H16BrN3/c1-4-16-13-7-10(3)17-14(18-13)11-6-5-9(2)12(15)8-11/h5-8H,4H2,1-3H3,(H,16,17,18). The molecule has 0 unspecified atom stereocenters. The summed E-state index contributed by atoms with van der Waals surface area (Å²) in [6, 6.07) is 8.12. The summed E-state index contributed by atoms with van der Waals surface area (Å²) < 4.78 is 1.08. The first-order chi connectivity index (χ1) is 8.60. The van der Waals surface area contributed by atoms with Crippen molar-refractivity contribution in [1.29, 1.82) is 0 Å². The van der Waals surface area contributed by atoms with Gasteiger partial charge < -0.3 is 5.32 Å². The lowest BCUT2D eigenvalue weighted by atomic mass is 10.1. The number of nitrogens with one attached hydrogen (secondary N) is 1. The highest BCUT2D eigenvalue weighted by atomic mass is 79.9. The predicted octanol–water partition coefficient (Wildman–Crippen LogP) is 3.95. The molecule has 4 heteroatoms. The monoisotopic (exact) mass is 305 g/mol. The Morgan fingerprint density at radius 2 is 1.94 bits per heavy atom. The highest BCUT2D eigenvalue weighted by Crippen LogP contribution is 2.24. The van der Waals surface area contributed by atoms with Crippen LogP contribution < -0.4 is 5.32 Å². The molecule has 0 aliphatic rings. The van der Waals surface area contributed by atoms with Crippen molar-refractivity contribution in [1.82, 2.24) is 9.97 Å². The van der Waals surface area contributed by atoms with Crippen molar-refractivity contribution < 1.29 is 0 Å². The van der Waals surface area contributed by atoms with E-state index in [0.29, 0.717) is 0 Å². The highest BCUT2D eigenvalue weighted by Gasteiger charge is 2.06. The number of nitrogens with zero attached hydrogens (tertiary/aromatic N) is 2. The largest absolute Gasteiger partial charge is 0.370 e. The summed E-state index contributed by atoms with van der Waals surface area (Å²) in [4.78, 5) is 9.01. The smallest absolute Gasteiger partial charge is 0.161 e. The van der Waals surface area contributed by atoms with Gasteiger partial charge in [0.05, 0.1) is 0 Å². The highest BCUT2D eigenvalue weighted by molar-refractivity contribution is 9.10. The molecule has 0 bridgehead atoms. The van der Waals surface area contributed by atoms with Gasteiger partial charge in [0.1, 0.15) is 5.82 Å². The number of rotatable bonds is 3. The van der Waals surface area contributed by atoms with Gasteiger partial charge in [0.15, 0.2) is 5.82 Å². The molecule has 2 rings (SSSR count). The van der Waals surface area contributed by atoms with Crippen molar-refractivity contribution in [3.05, 3.63) is 40.0 Å². The number of hydrogen-bond donors (Lipinski definition) is 1. The topological polar surface area (TPSA) is 37.8 Å². The van der Waals surface area contributed by atoms with Crippen LogP contribution in [0, 0.1) is 13.8 Å². The first kappa shape index (κ1) is 13.0. The number of halogens is 1. The van der Waals surface area contributed by atoms with Crippen LogP contribution in [-0.4, -0.2) is 16.5 Å². The number of anilines is 1. The van der Waals surface area contributed by atoms with Crippen molar-refractivity contribution >= 4 is 21.7 Å². The van der Waals surface area contributed by atoms with Crippen molar-refractivity contribution in [2.24, 2.45) is 0 Å². The van der Waals surface area contributed by atoms with Gasteiger partial charge in [-0.3, -0.25) is 0 Å². The van der Waals surface area contributed by atoms with Crippen molar-refractivity contribution in [2.75, 3.05) is 11.9 Å². The van der Waals surface area contributed by atoms with Crippen LogP contribution >= 0.6 is 15.9 Å². The van der Waals surface area contributed by atoms with E-state index in [4.69, 9.17) is 0 Å². The zero-order valence-corrected chi connectivity index (χ0v) is 12.4. The van der Waals surface area contributed by atoms with Crippen molar-refractivity contribution in [3.63, 3.8) is 0 Å². The lowest BCUT2D eigenvalue weighted by Gasteiger charge is -2.08. The fourth-order valence-corrected chi connectivity index (χ4v) is 2.08. The Hall–Kier alpha value is -1.42. The molecule has 1 aromatic heterocycles. The molecule has 2 aromatic rings. The third-order valence-corrected chi connectivity index (χ3v) is 3.50. The molecule has 0 amide bonds. The van der Waals surface area contributed by atoms with Gasteiger partial charge in [-0.05, 0) is 32.4 Å². The van der Waals surface area contributed by atoms with Gasteiger partial charge in [0, 0.05) is 28.3 Å². The summed E-state index contributed by atoms with van der Waals surface area (Å²) in [5, 5.41) is 3.22. The average molecular weight is 306 g/mol. The van der Waals surface area contributed by atoms with Crippen LogP contribution in [0.15, 0.2) is 28.7 Å². The third-order valence-electron chi connectivity index (χ3n) is 2.64. The first-order valence-electron chi connectivity index (χ1n) is 5.96. The van der Waals surface area contributed by atoms with Crippen LogP contribution in [0.1, 0.15) is 18.2 Å². The van der Waals surface area contributed by atoms with Crippen molar-refractivity contribution in [3.8, 4) is 11.4 Å². The molecule has 0 aliphatic carbocycles. The van der Waals surface area contributed by atoms with Crippen LogP contribution in [0.3, 0.4) is 0 Å². The van der Waals surface area contributed by atoms with Gasteiger partial charge in [-0.2, -0.15) is 0 Å². The summed E-state index contributed by atoms with van der Waals surface area (Å²) in [7, 11) is 0. The first-order valence-corrected chi connectivity index (χ1v) is 6.75. The van der Waals surface area contributed by atoms with E-state index < -0.39 is 0 Å². The normalized spacial score (nSPS) is 10.4. The molecule has 1 heterocycles. The van der Waals surface area contributed by atoms with Crippen LogP contribution in [0.5, 0.6) is 0 Å². The lowest BCUT2D eigenvalue weighted by molar-refractivity contribution is 1.08. The number of benzene rings is 1. The second-order valence-corrected chi connectivity index (χ2v) is 5.07. The summed E-state index contributed by atoms with van der Waals surface area (Å²) in [5.74, 6) is 1.63. The predicted molar refractivity (Wildman–Crippen MR) is 78.8 cm³/mol. The van der Waals surface area contributed by atoms with Gasteiger partial charge in [0.2, 0.25) is 0 Å². The van der Waals surface area contributed by atoms with E-state index in [2.05, 4.69) is 57.2 Å². The Kier molecular flexibility index (Phi) is 3.97. The maximum Gasteiger partial charge on any atom is 0.161 e. The van der Waals surface area contributed by atoms with Crippen LogP contribution in [0.4, 0.5) is 5.82 Å². The molecular formula is C14H16BrN3. The third kappa shape index (κ3) is 2.88. The van der Waals surface area contributed by atoms with Gasteiger partial charge in [-0.15, -0.1) is 0 Å². The van der Waals surface area contributed by atoms with E-state index in [1.807, 2.05) is 19.1 Å². The minimum Gasteiger partial charge on any atom is -0.370 e. The fraction of sp³-hybridized carbons (Fsp3) is 0.286. The lowest BCUT2D eigenvalue weighted by Crippen LogP contribution is -2.02. The Labute approximate surface area is 116 Å². The maximum absolute atomic E-state index is 4.52. The Balaban J connectivity index is 2.46. The quantitative estimate of drug-likeness (QED) is 0.933. The van der Waals surface area contributed by atoms with E-state index in [-0.39, 0.29) is 0 Å². The number of aromatic nitrogens is 2. The van der Waals surface area contributed by atoms with E-state index >= 15 is 0 Å². The second-order valence-electron chi connectivity index (χ2n) is 4.21. The molecule has 1 N–H and O–H groups in total. The fourth-order valence-electron chi connectivity index (χ4n) is 1.70.